The van der Waals surface area contributed by atoms with Crippen molar-refractivity contribution in [2.45, 2.75) is 17.8 Å². The van der Waals surface area contributed by atoms with Gasteiger partial charge in [0, 0.05) is 5.75 Å². The first-order valence-electron chi connectivity index (χ1n) is 5.92. The standard InChI is InChI=1S/C14H13N3S2/c1-9-7-18-13-11(9)12(15)16-14(17-13)19-8-10-5-3-2-4-6-10/h2-7H,8H2,1H3,(H2,15,16,17). The lowest BCUT2D eigenvalue weighted by molar-refractivity contribution is 1.02. The lowest BCUT2D eigenvalue weighted by Crippen LogP contribution is -1.96. The molecule has 0 fully saturated rings. The zero-order valence-electron chi connectivity index (χ0n) is 10.5. The summed E-state index contributed by atoms with van der Waals surface area (Å²) in [5, 5.41) is 3.81. The van der Waals surface area contributed by atoms with Gasteiger partial charge in [0.15, 0.2) is 5.16 Å². The van der Waals surface area contributed by atoms with Crippen molar-refractivity contribution in [1.29, 1.82) is 0 Å². The molecule has 5 heteroatoms. The van der Waals surface area contributed by atoms with E-state index in [-0.39, 0.29) is 0 Å². The minimum Gasteiger partial charge on any atom is -0.383 e. The van der Waals surface area contributed by atoms with Gasteiger partial charge in [0.2, 0.25) is 0 Å². The average molecular weight is 287 g/mol. The molecule has 0 unspecified atom stereocenters. The topological polar surface area (TPSA) is 51.8 Å². The molecular weight excluding hydrogens is 274 g/mol. The van der Waals surface area contributed by atoms with Crippen LogP contribution in [0.1, 0.15) is 11.1 Å². The van der Waals surface area contributed by atoms with Gasteiger partial charge in [-0.1, -0.05) is 42.1 Å². The summed E-state index contributed by atoms with van der Waals surface area (Å²) in [5.74, 6) is 1.44. The summed E-state index contributed by atoms with van der Waals surface area (Å²) in [5.41, 5.74) is 8.42. The molecule has 0 atom stereocenters. The molecule has 0 aliphatic heterocycles. The maximum Gasteiger partial charge on any atom is 0.191 e. The number of nitrogens with zero attached hydrogens (tertiary/aromatic N) is 2. The Morgan fingerprint density at radius 3 is 2.79 bits per heavy atom. The number of aromatic nitrogens is 2. The predicted octanol–water partition coefficient (Wildman–Crippen LogP) is 3.87. The van der Waals surface area contributed by atoms with Gasteiger partial charge in [-0.25, -0.2) is 9.97 Å². The summed E-state index contributed by atoms with van der Waals surface area (Å²) in [6, 6.07) is 10.3. The SMILES string of the molecule is Cc1csc2nc(SCc3ccccc3)nc(N)c12. The zero-order chi connectivity index (χ0) is 13.2. The highest BCUT2D eigenvalue weighted by molar-refractivity contribution is 7.98. The van der Waals surface area contributed by atoms with E-state index in [0.717, 1.165) is 26.7 Å². The number of fused-ring (bicyclic) bond motifs is 1. The van der Waals surface area contributed by atoms with Crippen molar-refractivity contribution in [2.75, 3.05) is 5.73 Å². The number of hydrogen-bond acceptors (Lipinski definition) is 5. The van der Waals surface area contributed by atoms with E-state index >= 15 is 0 Å². The Morgan fingerprint density at radius 2 is 2.00 bits per heavy atom. The van der Waals surface area contributed by atoms with Crippen LogP contribution in [0.25, 0.3) is 10.2 Å². The monoisotopic (exact) mass is 287 g/mol. The Hall–Kier alpha value is -1.59. The van der Waals surface area contributed by atoms with Gasteiger partial charge < -0.3 is 5.73 Å². The van der Waals surface area contributed by atoms with Crippen LogP contribution in [-0.4, -0.2) is 9.97 Å². The summed E-state index contributed by atoms with van der Waals surface area (Å²) in [4.78, 5) is 9.92. The number of aryl methyl sites for hydroxylation is 1. The molecule has 3 rings (SSSR count). The fourth-order valence-corrected chi connectivity index (χ4v) is 3.68. The van der Waals surface area contributed by atoms with E-state index < -0.39 is 0 Å². The molecule has 2 aromatic heterocycles. The van der Waals surface area contributed by atoms with Crippen LogP contribution in [0.4, 0.5) is 5.82 Å². The van der Waals surface area contributed by atoms with Crippen molar-refractivity contribution in [3.63, 3.8) is 0 Å². The van der Waals surface area contributed by atoms with Gasteiger partial charge in [-0.2, -0.15) is 0 Å². The van der Waals surface area contributed by atoms with Crippen molar-refractivity contribution in [2.24, 2.45) is 0 Å². The molecule has 0 saturated carbocycles. The van der Waals surface area contributed by atoms with Crippen LogP contribution < -0.4 is 5.73 Å². The first kappa shape index (κ1) is 12.4. The van der Waals surface area contributed by atoms with Crippen molar-refractivity contribution in [3.05, 3.63) is 46.8 Å². The van der Waals surface area contributed by atoms with Gasteiger partial charge in [0.05, 0.1) is 5.39 Å². The second-order valence-corrected chi connectivity index (χ2v) is 6.07. The zero-order valence-corrected chi connectivity index (χ0v) is 12.1. The molecule has 2 heterocycles. The molecule has 0 bridgehead atoms. The first-order chi connectivity index (χ1) is 9.24. The van der Waals surface area contributed by atoms with Crippen LogP contribution >= 0.6 is 23.1 Å². The minimum atomic E-state index is 0.583. The lowest BCUT2D eigenvalue weighted by Gasteiger charge is -2.03. The van der Waals surface area contributed by atoms with Gasteiger partial charge in [0.25, 0.3) is 0 Å². The third kappa shape index (κ3) is 2.57. The molecule has 0 radical (unpaired) electrons. The van der Waals surface area contributed by atoms with Crippen LogP contribution in [0.3, 0.4) is 0 Å². The number of anilines is 1. The van der Waals surface area contributed by atoms with Gasteiger partial charge >= 0.3 is 0 Å². The Kier molecular flexibility index (Phi) is 3.40. The Morgan fingerprint density at radius 1 is 1.21 bits per heavy atom. The third-order valence-electron chi connectivity index (χ3n) is 2.84. The summed E-state index contributed by atoms with van der Waals surface area (Å²) >= 11 is 3.24. The Balaban J connectivity index is 1.86. The lowest BCUT2D eigenvalue weighted by atomic mass is 10.2. The van der Waals surface area contributed by atoms with Crippen molar-refractivity contribution < 1.29 is 0 Å². The van der Waals surface area contributed by atoms with Crippen LogP contribution in [0.15, 0.2) is 40.9 Å². The molecule has 1 aromatic carbocycles. The molecule has 0 amide bonds. The number of hydrogen-bond donors (Lipinski definition) is 1. The summed E-state index contributed by atoms with van der Waals surface area (Å²) in [6.07, 6.45) is 0. The van der Waals surface area contributed by atoms with Gasteiger partial charge in [-0.3, -0.25) is 0 Å². The first-order valence-corrected chi connectivity index (χ1v) is 7.78. The number of nitrogen functional groups attached to an aromatic ring is 1. The molecule has 96 valence electrons. The Bertz CT molecular complexity index is 707. The second-order valence-electron chi connectivity index (χ2n) is 4.26. The van der Waals surface area contributed by atoms with E-state index in [2.05, 4.69) is 27.5 Å². The van der Waals surface area contributed by atoms with E-state index in [4.69, 9.17) is 5.73 Å². The Labute approximate surface area is 119 Å². The number of thiophene rings is 1. The van der Waals surface area contributed by atoms with Crippen molar-refractivity contribution in [1.82, 2.24) is 9.97 Å². The fraction of sp³-hybridized carbons (Fsp3) is 0.143. The van der Waals surface area contributed by atoms with Gasteiger partial charge in [-0.15, -0.1) is 11.3 Å². The molecule has 0 aliphatic rings. The largest absolute Gasteiger partial charge is 0.383 e. The molecule has 3 nitrogen and oxygen atoms in total. The highest BCUT2D eigenvalue weighted by Crippen LogP contribution is 2.30. The maximum absolute atomic E-state index is 6.01. The molecule has 3 aromatic rings. The smallest absolute Gasteiger partial charge is 0.191 e. The number of thioether (sulfide) groups is 1. The van der Waals surface area contributed by atoms with Crippen LogP contribution in [-0.2, 0) is 5.75 Å². The summed E-state index contributed by atoms with van der Waals surface area (Å²) < 4.78 is 0. The summed E-state index contributed by atoms with van der Waals surface area (Å²) in [6.45, 7) is 2.04. The molecular formula is C14H13N3S2. The van der Waals surface area contributed by atoms with Gasteiger partial charge in [-0.05, 0) is 23.4 Å². The molecule has 0 spiro atoms. The van der Waals surface area contributed by atoms with E-state index in [0.29, 0.717) is 5.82 Å². The molecule has 0 saturated heterocycles. The van der Waals surface area contributed by atoms with Crippen LogP contribution in [0.5, 0.6) is 0 Å². The van der Waals surface area contributed by atoms with Crippen molar-refractivity contribution >= 4 is 39.1 Å². The maximum atomic E-state index is 6.01. The highest BCUT2D eigenvalue weighted by atomic mass is 32.2. The number of benzene rings is 1. The fourth-order valence-electron chi connectivity index (χ4n) is 1.88. The molecule has 0 aliphatic carbocycles. The average Bonchev–Trinajstić information content (AvgIpc) is 2.80. The quantitative estimate of drug-likeness (QED) is 0.587. The van der Waals surface area contributed by atoms with E-state index in [1.54, 1.807) is 23.1 Å². The number of nitrogens with two attached hydrogens (primary N) is 1. The van der Waals surface area contributed by atoms with Crippen LogP contribution in [0.2, 0.25) is 0 Å². The molecule has 2 N–H and O–H groups in total. The van der Waals surface area contributed by atoms with E-state index in [1.165, 1.54) is 5.56 Å². The normalized spacial score (nSPS) is 11.0. The summed E-state index contributed by atoms with van der Waals surface area (Å²) in [7, 11) is 0. The van der Waals surface area contributed by atoms with E-state index in [9.17, 15) is 0 Å². The predicted molar refractivity (Wildman–Crippen MR) is 82.6 cm³/mol. The minimum absolute atomic E-state index is 0.583. The molecule has 19 heavy (non-hydrogen) atoms. The van der Waals surface area contributed by atoms with E-state index in [1.807, 2.05) is 25.1 Å². The number of rotatable bonds is 3. The highest BCUT2D eigenvalue weighted by Gasteiger charge is 2.09. The van der Waals surface area contributed by atoms with Crippen molar-refractivity contribution in [3.8, 4) is 0 Å². The third-order valence-corrected chi connectivity index (χ3v) is 4.74. The van der Waals surface area contributed by atoms with Crippen LogP contribution in [0, 0.1) is 6.92 Å². The van der Waals surface area contributed by atoms with Gasteiger partial charge in [0.1, 0.15) is 10.6 Å². The second kappa shape index (κ2) is 5.19.